The van der Waals surface area contributed by atoms with Gasteiger partial charge in [0.05, 0.1) is 18.4 Å². The normalized spacial score (nSPS) is 12.2. The lowest BCUT2D eigenvalue weighted by Crippen LogP contribution is -2.43. The van der Waals surface area contributed by atoms with E-state index in [4.69, 9.17) is 4.74 Å². The number of fused-ring (bicyclic) bond motifs is 1. The summed E-state index contributed by atoms with van der Waals surface area (Å²) in [6.45, 7) is 4.00. The van der Waals surface area contributed by atoms with Crippen LogP contribution in [0.25, 0.3) is 10.9 Å². The van der Waals surface area contributed by atoms with Gasteiger partial charge in [-0.2, -0.15) is 0 Å². The molecule has 0 saturated heterocycles. The fourth-order valence-corrected chi connectivity index (χ4v) is 3.25. The number of aromatic nitrogens is 1. The Balaban J connectivity index is 2.00. The van der Waals surface area contributed by atoms with Crippen LogP contribution in [-0.2, 0) is 14.3 Å². The van der Waals surface area contributed by atoms with E-state index in [1.54, 1.807) is 6.20 Å². The molecule has 128 valence electrons. The summed E-state index contributed by atoms with van der Waals surface area (Å²) in [4.78, 5) is 29.3. The second-order valence-electron chi connectivity index (χ2n) is 5.89. The van der Waals surface area contributed by atoms with E-state index in [1.807, 2.05) is 44.2 Å². The molecule has 0 radical (unpaired) electrons. The molecule has 1 amide bonds. The summed E-state index contributed by atoms with van der Waals surface area (Å²) in [5.41, 5.74) is 0.879. The van der Waals surface area contributed by atoms with Gasteiger partial charge >= 0.3 is 5.97 Å². The average Bonchev–Trinajstić information content (AvgIpc) is 2.58. The van der Waals surface area contributed by atoms with E-state index in [0.29, 0.717) is 6.42 Å². The van der Waals surface area contributed by atoms with Gasteiger partial charge in [-0.1, -0.05) is 32.0 Å². The molecule has 1 atom stereocenters. The summed E-state index contributed by atoms with van der Waals surface area (Å²) in [6.07, 6.45) is 2.29. The van der Waals surface area contributed by atoms with Crippen LogP contribution in [0.4, 0.5) is 0 Å². The van der Waals surface area contributed by atoms with Crippen molar-refractivity contribution >= 4 is 34.5 Å². The van der Waals surface area contributed by atoms with Crippen molar-refractivity contribution in [1.82, 2.24) is 10.3 Å². The molecule has 0 aliphatic carbocycles. The molecule has 5 nitrogen and oxygen atoms in total. The van der Waals surface area contributed by atoms with Crippen LogP contribution in [0.1, 0.15) is 20.3 Å². The Kier molecular flexibility index (Phi) is 6.61. The van der Waals surface area contributed by atoms with Crippen LogP contribution < -0.4 is 5.32 Å². The third-order valence-electron chi connectivity index (χ3n) is 3.48. The molecule has 1 unspecified atom stereocenters. The van der Waals surface area contributed by atoms with Crippen molar-refractivity contribution in [3.63, 3.8) is 0 Å². The number of pyridine rings is 1. The first-order valence-electron chi connectivity index (χ1n) is 7.85. The zero-order valence-corrected chi connectivity index (χ0v) is 14.9. The summed E-state index contributed by atoms with van der Waals surface area (Å²) in [6, 6.07) is 9.15. The lowest BCUT2D eigenvalue weighted by atomic mass is 10.0. The number of thioether (sulfide) groups is 1. The lowest BCUT2D eigenvalue weighted by Gasteiger charge is -2.18. The number of hydrogen-bond acceptors (Lipinski definition) is 5. The van der Waals surface area contributed by atoms with Gasteiger partial charge in [0, 0.05) is 16.5 Å². The Morgan fingerprint density at radius 1 is 1.25 bits per heavy atom. The first-order valence-corrected chi connectivity index (χ1v) is 8.83. The molecular formula is C18H22N2O3S. The summed E-state index contributed by atoms with van der Waals surface area (Å²) in [5.74, 6) is -0.0939. The number of para-hydroxylation sites is 1. The van der Waals surface area contributed by atoms with Gasteiger partial charge in [-0.25, -0.2) is 4.79 Å². The fraction of sp³-hybridized carbons (Fsp3) is 0.389. The Labute approximate surface area is 146 Å². The first-order chi connectivity index (χ1) is 11.5. The zero-order valence-electron chi connectivity index (χ0n) is 14.1. The van der Waals surface area contributed by atoms with Crippen LogP contribution in [0.5, 0.6) is 0 Å². The highest BCUT2D eigenvalue weighted by atomic mass is 32.2. The molecule has 0 fully saturated rings. The standard InChI is InChI=1S/C18H22N2O3S/c1-12(2)10-14(18(22)23-3)20-16(21)11-24-15-8-4-6-13-7-5-9-19-17(13)15/h4-9,12,14H,10-11H2,1-3H3,(H,20,21). The van der Waals surface area contributed by atoms with Crippen LogP contribution in [0.15, 0.2) is 41.4 Å². The highest BCUT2D eigenvalue weighted by Gasteiger charge is 2.22. The summed E-state index contributed by atoms with van der Waals surface area (Å²) in [5, 5.41) is 3.80. The maximum absolute atomic E-state index is 12.2. The number of amides is 1. The number of carbonyl (C=O) groups excluding carboxylic acids is 2. The van der Waals surface area contributed by atoms with Gasteiger partial charge in [-0.3, -0.25) is 9.78 Å². The van der Waals surface area contributed by atoms with E-state index in [2.05, 4.69) is 10.3 Å². The molecular weight excluding hydrogens is 324 g/mol. The second-order valence-corrected chi connectivity index (χ2v) is 6.91. The van der Waals surface area contributed by atoms with Crippen LogP contribution in [0.2, 0.25) is 0 Å². The quantitative estimate of drug-likeness (QED) is 0.616. The van der Waals surface area contributed by atoms with Crippen molar-refractivity contribution in [1.29, 1.82) is 0 Å². The number of nitrogens with one attached hydrogen (secondary N) is 1. The molecule has 1 aromatic heterocycles. The highest BCUT2D eigenvalue weighted by Crippen LogP contribution is 2.25. The van der Waals surface area contributed by atoms with Crippen molar-refractivity contribution in [2.75, 3.05) is 12.9 Å². The van der Waals surface area contributed by atoms with Gasteiger partial charge in [-0.15, -0.1) is 11.8 Å². The van der Waals surface area contributed by atoms with Crippen molar-refractivity contribution in [3.8, 4) is 0 Å². The molecule has 0 bridgehead atoms. The SMILES string of the molecule is COC(=O)C(CC(C)C)NC(=O)CSc1cccc2cccnc12. The van der Waals surface area contributed by atoms with Gasteiger partial charge in [-0.05, 0) is 24.5 Å². The van der Waals surface area contributed by atoms with Crippen molar-refractivity contribution < 1.29 is 14.3 Å². The molecule has 0 spiro atoms. The topological polar surface area (TPSA) is 68.3 Å². The van der Waals surface area contributed by atoms with Gasteiger partial charge in [0.25, 0.3) is 0 Å². The molecule has 24 heavy (non-hydrogen) atoms. The zero-order chi connectivity index (χ0) is 17.5. The van der Waals surface area contributed by atoms with Gasteiger partial charge in [0.15, 0.2) is 0 Å². The predicted molar refractivity (Wildman–Crippen MR) is 95.9 cm³/mol. The maximum atomic E-state index is 12.2. The van der Waals surface area contributed by atoms with E-state index >= 15 is 0 Å². The number of methoxy groups -OCH3 is 1. The minimum atomic E-state index is -0.603. The fourth-order valence-electron chi connectivity index (χ4n) is 2.40. The Morgan fingerprint density at radius 3 is 2.71 bits per heavy atom. The molecule has 1 aromatic carbocycles. The molecule has 1 heterocycles. The number of carbonyl (C=O) groups is 2. The summed E-state index contributed by atoms with van der Waals surface area (Å²) in [7, 11) is 1.33. The van der Waals surface area contributed by atoms with Crippen LogP contribution >= 0.6 is 11.8 Å². The smallest absolute Gasteiger partial charge is 0.328 e. The van der Waals surface area contributed by atoms with Crippen LogP contribution in [-0.4, -0.2) is 35.8 Å². The van der Waals surface area contributed by atoms with Crippen molar-refractivity contribution in [2.45, 2.75) is 31.2 Å². The minimum Gasteiger partial charge on any atom is -0.467 e. The van der Waals surface area contributed by atoms with Gasteiger partial charge in [0.2, 0.25) is 5.91 Å². The monoisotopic (exact) mass is 346 g/mol. The van der Waals surface area contributed by atoms with Crippen LogP contribution in [0, 0.1) is 5.92 Å². The number of benzene rings is 1. The van der Waals surface area contributed by atoms with Gasteiger partial charge < -0.3 is 10.1 Å². The van der Waals surface area contributed by atoms with Crippen LogP contribution in [0.3, 0.4) is 0 Å². The molecule has 0 aliphatic rings. The molecule has 0 aliphatic heterocycles. The van der Waals surface area contributed by atoms with E-state index in [0.717, 1.165) is 15.8 Å². The average molecular weight is 346 g/mol. The predicted octanol–water partition coefficient (Wildman–Crippen LogP) is 3.03. The summed E-state index contributed by atoms with van der Waals surface area (Å²) >= 11 is 1.41. The molecule has 1 N–H and O–H groups in total. The molecule has 2 rings (SSSR count). The summed E-state index contributed by atoms with van der Waals surface area (Å²) < 4.78 is 4.76. The Morgan fingerprint density at radius 2 is 2.00 bits per heavy atom. The Hall–Kier alpha value is -2.08. The minimum absolute atomic E-state index is 0.191. The van der Waals surface area contributed by atoms with E-state index in [9.17, 15) is 9.59 Å². The molecule has 2 aromatic rings. The highest BCUT2D eigenvalue weighted by molar-refractivity contribution is 8.00. The first kappa shape index (κ1) is 18.3. The van der Waals surface area contributed by atoms with Gasteiger partial charge in [0.1, 0.15) is 6.04 Å². The third kappa shape index (κ3) is 4.96. The van der Waals surface area contributed by atoms with Crippen molar-refractivity contribution in [3.05, 3.63) is 36.5 Å². The lowest BCUT2D eigenvalue weighted by molar-refractivity contribution is -0.145. The van der Waals surface area contributed by atoms with E-state index < -0.39 is 12.0 Å². The van der Waals surface area contributed by atoms with E-state index in [-0.39, 0.29) is 17.6 Å². The van der Waals surface area contributed by atoms with E-state index in [1.165, 1.54) is 18.9 Å². The van der Waals surface area contributed by atoms with Crippen molar-refractivity contribution in [2.24, 2.45) is 5.92 Å². The number of hydrogen-bond donors (Lipinski definition) is 1. The number of nitrogens with zero attached hydrogens (tertiary/aromatic N) is 1. The maximum Gasteiger partial charge on any atom is 0.328 e. The number of esters is 1. The Bertz CT molecular complexity index is 713. The molecule has 0 saturated carbocycles. The number of ether oxygens (including phenoxy) is 1. The third-order valence-corrected chi connectivity index (χ3v) is 4.53. The second kappa shape index (κ2) is 8.68. The largest absolute Gasteiger partial charge is 0.467 e. The molecule has 6 heteroatoms. The number of rotatable bonds is 7.